The highest BCUT2D eigenvalue weighted by Crippen LogP contribution is 2.24. The Morgan fingerprint density at radius 1 is 1.07 bits per heavy atom. The lowest BCUT2D eigenvalue weighted by Gasteiger charge is -2.30. The molecule has 0 spiro atoms. The Kier molecular flexibility index (Phi) is 7.23. The molecular weight excluding hydrogens is 402 g/mol. The number of benzene rings is 2. The maximum atomic E-state index is 12.8. The Hall–Kier alpha value is -2.71. The smallest absolute Gasteiger partial charge is 0.251 e. The number of carbonyl (C=O) groups excluding carboxylic acids is 2. The topological polar surface area (TPSA) is 95.6 Å². The number of nitrogens with one attached hydrogen (secondary N) is 2. The number of anilines is 1. The Morgan fingerprint density at radius 2 is 1.77 bits per heavy atom. The van der Waals surface area contributed by atoms with Crippen LogP contribution in [0.15, 0.2) is 59.5 Å². The second-order valence-electron chi connectivity index (χ2n) is 7.55. The minimum atomic E-state index is -3.52. The van der Waals surface area contributed by atoms with E-state index in [9.17, 15) is 18.0 Å². The van der Waals surface area contributed by atoms with Gasteiger partial charge in [-0.3, -0.25) is 9.59 Å². The first-order valence-corrected chi connectivity index (χ1v) is 11.5. The van der Waals surface area contributed by atoms with E-state index in [1.54, 1.807) is 36.4 Å². The van der Waals surface area contributed by atoms with Crippen LogP contribution in [0.4, 0.5) is 5.69 Å². The van der Waals surface area contributed by atoms with E-state index < -0.39 is 10.0 Å². The molecular formula is C22H27N3O4S. The summed E-state index contributed by atoms with van der Waals surface area (Å²) >= 11 is 0. The fourth-order valence-corrected chi connectivity index (χ4v) is 5.03. The summed E-state index contributed by atoms with van der Waals surface area (Å²) in [6, 6.07) is 15.0. The van der Waals surface area contributed by atoms with Crippen LogP contribution in [0.1, 0.15) is 36.5 Å². The molecule has 1 aliphatic rings. The van der Waals surface area contributed by atoms with Crippen LogP contribution in [0.2, 0.25) is 0 Å². The zero-order valence-corrected chi connectivity index (χ0v) is 17.8. The normalized spacial score (nSPS) is 17.3. The van der Waals surface area contributed by atoms with Crippen LogP contribution in [0.5, 0.6) is 0 Å². The van der Waals surface area contributed by atoms with Crippen molar-refractivity contribution in [1.29, 1.82) is 0 Å². The molecule has 2 amide bonds. The van der Waals surface area contributed by atoms with Crippen molar-refractivity contribution in [1.82, 2.24) is 9.62 Å². The first-order chi connectivity index (χ1) is 14.4. The predicted octanol–water partition coefficient (Wildman–Crippen LogP) is 2.87. The zero-order valence-electron chi connectivity index (χ0n) is 17.0. The van der Waals surface area contributed by atoms with Crippen molar-refractivity contribution >= 4 is 27.5 Å². The summed E-state index contributed by atoms with van der Waals surface area (Å²) in [7, 11) is -3.52. The van der Waals surface area contributed by atoms with Crippen LogP contribution in [0.25, 0.3) is 0 Å². The summed E-state index contributed by atoms with van der Waals surface area (Å²) in [6.45, 7) is 3.34. The third kappa shape index (κ3) is 5.67. The first kappa shape index (κ1) is 22.0. The molecule has 1 aliphatic heterocycles. The van der Waals surface area contributed by atoms with Crippen molar-refractivity contribution in [2.75, 3.05) is 25.0 Å². The van der Waals surface area contributed by atoms with Crippen LogP contribution in [0, 0.1) is 5.92 Å². The maximum absolute atomic E-state index is 12.8. The Labute approximate surface area is 177 Å². The molecule has 160 valence electrons. The molecule has 8 heteroatoms. The average molecular weight is 430 g/mol. The number of amides is 2. The van der Waals surface area contributed by atoms with E-state index in [0.717, 1.165) is 12.8 Å². The predicted molar refractivity (Wildman–Crippen MR) is 116 cm³/mol. The average Bonchev–Trinajstić information content (AvgIpc) is 2.74. The lowest BCUT2D eigenvalue weighted by atomic mass is 10.0. The van der Waals surface area contributed by atoms with E-state index in [2.05, 4.69) is 17.6 Å². The second kappa shape index (κ2) is 9.86. The molecule has 1 heterocycles. The minimum Gasteiger partial charge on any atom is -0.352 e. The molecule has 0 aromatic heterocycles. The molecule has 0 aliphatic carbocycles. The number of carbonyl (C=O) groups is 2. The van der Waals surface area contributed by atoms with Crippen molar-refractivity contribution in [3.05, 3.63) is 60.2 Å². The third-order valence-electron chi connectivity index (χ3n) is 5.07. The Bertz CT molecular complexity index is 975. The van der Waals surface area contributed by atoms with Crippen LogP contribution in [-0.4, -0.2) is 44.2 Å². The molecule has 1 atom stereocenters. The van der Waals surface area contributed by atoms with Crippen molar-refractivity contribution in [2.45, 2.75) is 31.1 Å². The van der Waals surface area contributed by atoms with Gasteiger partial charge in [-0.15, -0.1) is 0 Å². The quantitative estimate of drug-likeness (QED) is 0.707. The Balaban J connectivity index is 1.50. The van der Waals surface area contributed by atoms with Gasteiger partial charge in [0, 0.05) is 37.3 Å². The van der Waals surface area contributed by atoms with E-state index in [0.29, 0.717) is 30.3 Å². The van der Waals surface area contributed by atoms with Gasteiger partial charge in [0.2, 0.25) is 15.9 Å². The largest absolute Gasteiger partial charge is 0.352 e. The highest BCUT2D eigenvalue weighted by molar-refractivity contribution is 7.89. The van der Waals surface area contributed by atoms with Crippen LogP contribution < -0.4 is 10.6 Å². The molecule has 1 fully saturated rings. The summed E-state index contributed by atoms with van der Waals surface area (Å²) in [5.41, 5.74) is 1.05. The maximum Gasteiger partial charge on any atom is 0.251 e. The molecule has 3 rings (SSSR count). The number of nitrogens with zero attached hydrogens (tertiary/aromatic N) is 1. The van der Waals surface area contributed by atoms with Gasteiger partial charge in [-0.05, 0) is 55.2 Å². The van der Waals surface area contributed by atoms with Gasteiger partial charge >= 0.3 is 0 Å². The van der Waals surface area contributed by atoms with Crippen molar-refractivity contribution in [3.8, 4) is 0 Å². The van der Waals surface area contributed by atoms with Gasteiger partial charge in [-0.1, -0.05) is 25.1 Å². The molecule has 0 bridgehead atoms. The molecule has 1 unspecified atom stereocenters. The van der Waals surface area contributed by atoms with Crippen LogP contribution in [0.3, 0.4) is 0 Å². The fourth-order valence-electron chi connectivity index (χ4n) is 3.43. The summed E-state index contributed by atoms with van der Waals surface area (Å²) in [5, 5.41) is 5.42. The fraction of sp³-hybridized carbons (Fsp3) is 0.364. The van der Waals surface area contributed by atoms with Gasteiger partial charge in [0.25, 0.3) is 5.91 Å². The van der Waals surface area contributed by atoms with E-state index in [-0.39, 0.29) is 29.7 Å². The third-order valence-corrected chi connectivity index (χ3v) is 6.95. The lowest BCUT2D eigenvalue weighted by Crippen LogP contribution is -2.39. The number of piperidine rings is 1. The second-order valence-corrected chi connectivity index (χ2v) is 9.49. The van der Waals surface area contributed by atoms with Gasteiger partial charge < -0.3 is 10.6 Å². The summed E-state index contributed by atoms with van der Waals surface area (Å²) < 4.78 is 27.1. The molecule has 1 saturated heterocycles. The van der Waals surface area contributed by atoms with Gasteiger partial charge in [-0.2, -0.15) is 4.31 Å². The van der Waals surface area contributed by atoms with Crippen molar-refractivity contribution < 1.29 is 18.0 Å². The lowest BCUT2D eigenvalue weighted by molar-refractivity contribution is -0.116. The SMILES string of the molecule is CC1CCCN(S(=O)(=O)c2ccc(NC(=O)CCNC(=O)c3ccccc3)cc2)C1. The monoisotopic (exact) mass is 429 g/mol. The zero-order chi connectivity index (χ0) is 21.6. The van der Waals surface area contributed by atoms with Gasteiger partial charge in [0.15, 0.2) is 0 Å². The number of hydrogen-bond acceptors (Lipinski definition) is 4. The molecule has 7 nitrogen and oxygen atoms in total. The van der Waals surface area contributed by atoms with Crippen LogP contribution >= 0.6 is 0 Å². The highest BCUT2D eigenvalue weighted by Gasteiger charge is 2.28. The Morgan fingerprint density at radius 3 is 2.43 bits per heavy atom. The van der Waals surface area contributed by atoms with Crippen molar-refractivity contribution in [2.24, 2.45) is 5.92 Å². The summed E-state index contributed by atoms with van der Waals surface area (Å²) in [6.07, 6.45) is 2.03. The van der Waals surface area contributed by atoms with Gasteiger partial charge in [0.1, 0.15) is 0 Å². The molecule has 2 N–H and O–H groups in total. The first-order valence-electron chi connectivity index (χ1n) is 10.1. The standard InChI is InChI=1S/C22H27N3O4S/c1-17-6-5-15-25(16-17)30(28,29)20-11-9-19(10-12-20)24-21(26)13-14-23-22(27)18-7-3-2-4-8-18/h2-4,7-12,17H,5-6,13-16H2,1H3,(H,23,27)(H,24,26). The summed E-state index contributed by atoms with van der Waals surface area (Å²) in [5.74, 6) is -0.136. The van der Waals surface area contributed by atoms with Crippen molar-refractivity contribution in [3.63, 3.8) is 0 Å². The van der Waals surface area contributed by atoms with E-state index in [1.807, 2.05) is 6.07 Å². The van der Waals surface area contributed by atoms with E-state index in [1.165, 1.54) is 16.4 Å². The molecule has 2 aromatic carbocycles. The van der Waals surface area contributed by atoms with Crippen LogP contribution in [-0.2, 0) is 14.8 Å². The molecule has 0 radical (unpaired) electrons. The minimum absolute atomic E-state index is 0.115. The molecule has 30 heavy (non-hydrogen) atoms. The summed E-state index contributed by atoms with van der Waals surface area (Å²) in [4.78, 5) is 24.3. The van der Waals surface area contributed by atoms with Gasteiger partial charge in [-0.25, -0.2) is 8.42 Å². The number of hydrogen-bond donors (Lipinski definition) is 2. The molecule has 2 aromatic rings. The van der Waals surface area contributed by atoms with Gasteiger partial charge in [0.05, 0.1) is 4.90 Å². The molecule has 0 saturated carbocycles. The van der Waals surface area contributed by atoms with E-state index >= 15 is 0 Å². The number of sulfonamides is 1. The number of rotatable bonds is 7. The van der Waals surface area contributed by atoms with E-state index in [4.69, 9.17) is 0 Å². The highest BCUT2D eigenvalue weighted by atomic mass is 32.2.